The Balaban J connectivity index is 1.08. The quantitative estimate of drug-likeness (QED) is 0.100. The molecule has 0 amide bonds. The molecule has 0 unspecified atom stereocenters. The first-order chi connectivity index (χ1) is 21.5. The van der Waals surface area contributed by atoms with Crippen LogP contribution in [0.2, 0.25) is 0 Å². The molecule has 0 bridgehead atoms. The van der Waals surface area contributed by atoms with E-state index >= 15 is 0 Å². The van der Waals surface area contributed by atoms with E-state index in [0.29, 0.717) is 17.6 Å². The highest BCUT2D eigenvalue weighted by molar-refractivity contribution is 7.95. The first kappa shape index (κ1) is 29.8. The Hall–Kier alpha value is -4.29. The van der Waals surface area contributed by atoms with Gasteiger partial charge in [0.1, 0.15) is 34.3 Å². The smallest absolute Gasteiger partial charge is 0.307 e. The molecule has 1 heterocycles. The fourth-order valence-corrected chi connectivity index (χ4v) is 11.0. The van der Waals surface area contributed by atoms with Crippen LogP contribution in [-0.2, 0) is 19.6 Å². The Morgan fingerprint density at radius 2 is 1.23 bits per heavy atom. The number of furan rings is 1. The summed E-state index contributed by atoms with van der Waals surface area (Å²) in [4.78, 5) is 12.7. The minimum absolute atomic E-state index is 0.0612. The molecular formula is C36H33NO5PS+. The molecule has 0 fully saturated rings. The molecule has 222 valence electrons. The van der Waals surface area contributed by atoms with Crippen LogP contribution in [-0.4, -0.2) is 33.7 Å². The van der Waals surface area contributed by atoms with Crippen molar-refractivity contribution in [3.8, 4) is 0 Å². The maximum Gasteiger partial charge on any atom is 0.307 e. The number of nitrogens with one attached hydrogen (secondary N) is 1. The maximum absolute atomic E-state index is 12.9. The van der Waals surface area contributed by atoms with Crippen molar-refractivity contribution in [2.45, 2.75) is 17.7 Å². The number of fused-ring (bicyclic) bond motifs is 3. The van der Waals surface area contributed by atoms with Crippen molar-refractivity contribution in [3.05, 3.63) is 133 Å². The lowest BCUT2D eigenvalue weighted by molar-refractivity contribution is -0.143. The van der Waals surface area contributed by atoms with Crippen molar-refractivity contribution in [2.75, 3.05) is 19.3 Å². The molecule has 6 rings (SSSR count). The predicted molar refractivity (Wildman–Crippen MR) is 179 cm³/mol. The average Bonchev–Trinajstić information content (AvgIpc) is 3.44. The number of sulfonamides is 1. The average molecular weight is 623 g/mol. The monoisotopic (exact) mass is 622 g/mol. The second-order valence-corrected chi connectivity index (χ2v) is 15.9. The summed E-state index contributed by atoms with van der Waals surface area (Å²) in [5.74, 6) is -0.441. The van der Waals surface area contributed by atoms with Gasteiger partial charge in [-0.05, 0) is 54.6 Å². The molecule has 0 atom stereocenters. The van der Waals surface area contributed by atoms with E-state index in [2.05, 4.69) is 77.5 Å². The van der Waals surface area contributed by atoms with Gasteiger partial charge in [0.15, 0.2) is 0 Å². The number of carbonyl (C=O) groups excluding carboxylic acids is 1. The van der Waals surface area contributed by atoms with Crippen LogP contribution >= 0.6 is 7.26 Å². The normalized spacial score (nSPS) is 12.0. The molecule has 0 saturated carbocycles. The first-order valence-electron chi connectivity index (χ1n) is 14.6. The van der Waals surface area contributed by atoms with Crippen molar-refractivity contribution in [1.82, 2.24) is 4.72 Å². The molecule has 0 radical (unpaired) electrons. The second-order valence-electron chi connectivity index (χ2n) is 10.5. The predicted octanol–water partition coefficient (Wildman–Crippen LogP) is 6.18. The highest BCUT2D eigenvalue weighted by atomic mass is 32.2. The maximum atomic E-state index is 12.9. The molecule has 6 aromatic rings. The number of hydrogen-bond donors (Lipinski definition) is 1. The van der Waals surface area contributed by atoms with Gasteiger partial charge in [0, 0.05) is 29.8 Å². The van der Waals surface area contributed by atoms with Crippen LogP contribution in [0.3, 0.4) is 0 Å². The van der Waals surface area contributed by atoms with Crippen LogP contribution in [0, 0.1) is 0 Å². The van der Waals surface area contributed by atoms with Crippen molar-refractivity contribution in [2.24, 2.45) is 0 Å². The number of ether oxygens (including phenoxy) is 1. The molecular weight excluding hydrogens is 589 g/mol. The summed E-state index contributed by atoms with van der Waals surface area (Å²) < 4.78 is 39.8. The zero-order chi connectivity index (χ0) is 30.4. The van der Waals surface area contributed by atoms with Crippen LogP contribution < -0.4 is 20.6 Å². The van der Waals surface area contributed by atoms with E-state index in [1.54, 1.807) is 12.1 Å². The second kappa shape index (κ2) is 13.1. The molecule has 0 aliphatic carbocycles. The summed E-state index contributed by atoms with van der Waals surface area (Å²) in [7, 11) is -5.84. The third-order valence-corrected chi connectivity index (χ3v) is 13.8. The molecule has 0 spiro atoms. The lowest BCUT2D eigenvalue weighted by Gasteiger charge is -2.27. The van der Waals surface area contributed by atoms with Crippen LogP contribution in [0.5, 0.6) is 0 Å². The van der Waals surface area contributed by atoms with Crippen molar-refractivity contribution < 1.29 is 22.4 Å². The number of carbonyl (C=O) groups is 1. The van der Waals surface area contributed by atoms with E-state index in [1.165, 1.54) is 22.0 Å². The van der Waals surface area contributed by atoms with E-state index in [0.717, 1.165) is 16.9 Å². The zero-order valence-corrected chi connectivity index (χ0v) is 25.8. The Kier molecular flexibility index (Phi) is 8.89. The van der Waals surface area contributed by atoms with Crippen LogP contribution in [0.15, 0.2) is 143 Å². The lowest BCUT2D eigenvalue weighted by atomic mass is 10.2. The molecule has 5 aromatic carbocycles. The van der Waals surface area contributed by atoms with Gasteiger partial charge in [-0.1, -0.05) is 72.8 Å². The van der Waals surface area contributed by atoms with E-state index in [9.17, 15) is 13.2 Å². The molecule has 1 aromatic heterocycles. The number of rotatable bonds is 12. The van der Waals surface area contributed by atoms with Gasteiger partial charge in [-0.2, -0.15) is 0 Å². The Morgan fingerprint density at radius 1 is 0.682 bits per heavy atom. The van der Waals surface area contributed by atoms with Crippen LogP contribution in [0.25, 0.3) is 21.9 Å². The molecule has 0 aliphatic heterocycles. The van der Waals surface area contributed by atoms with Gasteiger partial charge < -0.3 is 9.15 Å². The van der Waals surface area contributed by atoms with Gasteiger partial charge in [0.25, 0.3) is 0 Å². The Labute approximate surface area is 258 Å². The van der Waals surface area contributed by atoms with E-state index < -0.39 is 23.3 Å². The Morgan fingerprint density at radius 3 is 1.84 bits per heavy atom. The van der Waals surface area contributed by atoms with Gasteiger partial charge in [0.05, 0.1) is 24.1 Å². The van der Waals surface area contributed by atoms with E-state index in [4.69, 9.17) is 9.15 Å². The van der Waals surface area contributed by atoms with Crippen LogP contribution in [0.1, 0.15) is 12.8 Å². The van der Waals surface area contributed by atoms with Gasteiger partial charge in [-0.3, -0.25) is 4.79 Å². The third-order valence-electron chi connectivity index (χ3n) is 7.77. The largest absolute Gasteiger partial charge is 0.465 e. The standard InChI is InChI=1S/C36H33NO5PS/c38-36(23-24-37-44(39,40)31-21-22-33-32-19-10-11-20-34(32)42-35(33)27-31)41-25-12-26-43(28-13-4-1-5-14-28,29-15-6-2-7-16-29)30-17-8-3-9-18-30/h1-11,13-22,27,37H,12,23-26H2/q+1. The highest BCUT2D eigenvalue weighted by Crippen LogP contribution is 2.55. The minimum atomic E-state index is -3.83. The van der Waals surface area contributed by atoms with Gasteiger partial charge in [-0.25, -0.2) is 13.1 Å². The molecule has 1 N–H and O–H groups in total. The summed E-state index contributed by atoms with van der Waals surface area (Å²) in [5, 5.41) is 5.61. The fourth-order valence-electron chi connectivity index (χ4n) is 5.69. The highest BCUT2D eigenvalue weighted by Gasteiger charge is 2.44. The number of esters is 1. The minimum Gasteiger partial charge on any atom is -0.465 e. The summed E-state index contributed by atoms with van der Waals surface area (Å²) >= 11 is 0. The van der Waals surface area contributed by atoms with Gasteiger partial charge >= 0.3 is 5.97 Å². The molecule has 8 heteroatoms. The van der Waals surface area contributed by atoms with Crippen molar-refractivity contribution in [3.63, 3.8) is 0 Å². The Bertz CT molecular complexity index is 1880. The lowest BCUT2D eigenvalue weighted by Crippen LogP contribution is -2.33. The first-order valence-corrected chi connectivity index (χ1v) is 18.0. The van der Waals surface area contributed by atoms with Gasteiger partial charge in [-0.15, -0.1) is 0 Å². The fraction of sp³-hybridized carbons (Fsp3) is 0.139. The van der Waals surface area contributed by atoms with E-state index in [-0.39, 0.29) is 24.5 Å². The zero-order valence-electron chi connectivity index (χ0n) is 24.1. The SMILES string of the molecule is O=C(CCNS(=O)(=O)c1ccc2c(c1)oc1ccccc12)OCCC[P+](c1ccccc1)(c1ccccc1)c1ccccc1. The molecule has 44 heavy (non-hydrogen) atoms. The summed E-state index contributed by atoms with van der Waals surface area (Å²) in [5.41, 5.74) is 1.19. The topological polar surface area (TPSA) is 85.6 Å². The summed E-state index contributed by atoms with van der Waals surface area (Å²) in [6, 6.07) is 44.1. The number of benzene rings is 5. The number of para-hydroxylation sites is 1. The van der Waals surface area contributed by atoms with Crippen molar-refractivity contribution in [1.29, 1.82) is 0 Å². The third kappa shape index (κ3) is 6.18. The molecule has 0 saturated heterocycles. The summed E-state index contributed by atoms with van der Waals surface area (Å²) in [6.07, 6.45) is 1.43. The van der Waals surface area contributed by atoms with Crippen molar-refractivity contribution >= 4 is 61.1 Å². The summed E-state index contributed by atoms with van der Waals surface area (Å²) in [6.45, 7) is 0.191. The van der Waals surface area contributed by atoms with Gasteiger partial charge in [0.2, 0.25) is 10.0 Å². The molecule has 0 aliphatic rings. The van der Waals surface area contributed by atoms with E-state index in [1.807, 2.05) is 42.5 Å². The molecule has 6 nitrogen and oxygen atoms in total. The number of hydrogen-bond acceptors (Lipinski definition) is 5. The van der Waals surface area contributed by atoms with Crippen LogP contribution in [0.4, 0.5) is 0 Å².